The average molecular weight is 661 g/mol. The molecule has 0 aliphatic heterocycles. The van der Waals surface area contributed by atoms with Gasteiger partial charge in [-0.2, -0.15) is 0 Å². The van der Waals surface area contributed by atoms with Crippen LogP contribution >= 0.6 is 0 Å². The van der Waals surface area contributed by atoms with Crippen molar-refractivity contribution in [2.24, 2.45) is 0 Å². The summed E-state index contributed by atoms with van der Waals surface area (Å²) in [5.41, 5.74) is -0.218. The van der Waals surface area contributed by atoms with Gasteiger partial charge in [0.2, 0.25) is 0 Å². The predicted molar refractivity (Wildman–Crippen MR) is 171 cm³/mol. The molecule has 0 radical (unpaired) electrons. The van der Waals surface area contributed by atoms with E-state index >= 15 is 0 Å². The lowest BCUT2D eigenvalue weighted by Gasteiger charge is -2.19. The van der Waals surface area contributed by atoms with Gasteiger partial charge in [-0.15, -0.1) is 0 Å². The van der Waals surface area contributed by atoms with Gasteiger partial charge in [0.15, 0.2) is 0 Å². The van der Waals surface area contributed by atoms with E-state index in [9.17, 15) is 9.90 Å². The Bertz CT molecular complexity index is 848. The number of carboxylic acid groups (broad SMARTS) is 1. The molecule has 0 saturated carbocycles. The van der Waals surface area contributed by atoms with E-state index in [1.165, 1.54) is 0 Å². The van der Waals surface area contributed by atoms with Crippen LogP contribution in [0.5, 0.6) is 5.75 Å². The maximum absolute atomic E-state index is 11.3. The molecule has 1 atom stereocenters. The summed E-state index contributed by atoms with van der Waals surface area (Å²) >= 11 is 0. The van der Waals surface area contributed by atoms with Crippen molar-refractivity contribution in [3.63, 3.8) is 0 Å². The van der Waals surface area contributed by atoms with Crippen LogP contribution in [0.1, 0.15) is 20.8 Å². The number of benzene rings is 1. The van der Waals surface area contributed by atoms with Crippen molar-refractivity contribution in [1.29, 1.82) is 0 Å². The molecule has 0 fully saturated rings. The maximum Gasteiger partial charge on any atom is 0.333 e. The zero-order valence-electron chi connectivity index (χ0n) is 28.0. The molecule has 13 nitrogen and oxygen atoms in total. The van der Waals surface area contributed by atoms with Crippen LogP contribution in [0.25, 0.3) is 0 Å². The monoisotopic (exact) mass is 660 g/mol. The van der Waals surface area contributed by atoms with Crippen molar-refractivity contribution in [2.75, 3.05) is 126 Å². The van der Waals surface area contributed by atoms with Crippen LogP contribution in [0.3, 0.4) is 0 Å². The Kier molecular flexibility index (Phi) is 26.4. The summed E-state index contributed by atoms with van der Waals surface area (Å²) in [5, 5.41) is 9.25. The summed E-state index contributed by atoms with van der Waals surface area (Å²) in [5.74, 6) is -0.512. The molecule has 0 aromatic heterocycles. The molecular formula is C33H56O13. The Labute approximate surface area is 274 Å². The van der Waals surface area contributed by atoms with Crippen LogP contribution < -0.4 is 4.74 Å². The lowest BCUT2D eigenvalue weighted by molar-refractivity contribution is -0.134. The molecule has 13 heteroatoms. The van der Waals surface area contributed by atoms with Crippen LogP contribution in [0.2, 0.25) is 0 Å². The third-order valence-electron chi connectivity index (χ3n) is 5.72. The highest BCUT2D eigenvalue weighted by Crippen LogP contribution is 2.12. The first-order valence-electron chi connectivity index (χ1n) is 15.8. The molecule has 0 aliphatic rings. The van der Waals surface area contributed by atoms with E-state index in [-0.39, 0.29) is 31.0 Å². The van der Waals surface area contributed by atoms with Crippen LogP contribution in [0.4, 0.5) is 0 Å². The fourth-order valence-corrected chi connectivity index (χ4v) is 3.37. The van der Waals surface area contributed by atoms with E-state index in [0.717, 1.165) is 0 Å². The van der Waals surface area contributed by atoms with Crippen molar-refractivity contribution in [3.8, 4) is 5.75 Å². The molecule has 0 heterocycles. The van der Waals surface area contributed by atoms with Crippen LogP contribution in [0, 0.1) is 0 Å². The minimum Gasteiger partial charge on any atom is -0.491 e. The van der Waals surface area contributed by atoms with Gasteiger partial charge in [0.1, 0.15) is 18.5 Å². The Morgan fingerprint density at radius 3 is 1.30 bits per heavy atom. The third-order valence-corrected chi connectivity index (χ3v) is 5.72. The minimum absolute atomic E-state index is 0.0385. The molecule has 1 unspecified atom stereocenters. The van der Waals surface area contributed by atoms with E-state index in [1.54, 1.807) is 12.1 Å². The Hall–Kier alpha value is -2.17. The van der Waals surface area contributed by atoms with Crippen molar-refractivity contribution < 1.29 is 62.0 Å². The number of hydrogen-bond acceptors (Lipinski definition) is 12. The number of aliphatic carboxylic acids is 1. The first-order chi connectivity index (χ1) is 22.3. The highest BCUT2D eigenvalue weighted by molar-refractivity contribution is 5.87. The van der Waals surface area contributed by atoms with E-state index in [0.29, 0.717) is 111 Å². The van der Waals surface area contributed by atoms with Crippen LogP contribution in [-0.4, -0.2) is 148 Å². The Morgan fingerprint density at radius 2 is 0.957 bits per heavy atom. The summed E-state index contributed by atoms with van der Waals surface area (Å²) in [4.78, 5) is 11.3. The van der Waals surface area contributed by atoms with Crippen molar-refractivity contribution in [3.05, 3.63) is 42.5 Å². The fourth-order valence-electron chi connectivity index (χ4n) is 3.37. The highest BCUT2D eigenvalue weighted by atomic mass is 16.6. The summed E-state index contributed by atoms with van der Waals surface area (Å²) in [6.07, 6.45) is -0.788. The van der Waals surface area contributed by atoms with Gasteiger partial charge in [-0.1, -0.05) is 24.8 Å². The molecule has 1 N–H and O–H groups in total. The van der Waals surface area contributed by atoms with E-state index in [1.807, 2.05) is 39.0 Å². The topological polar surface area (TPSA) is 139 Å². The summed E-state index contributed by atoms with van der Waals surface area (Å²) in [6, 6.07) is 9.09. The number of para-hydroxylation sites is 1. The second kappa shape index (κ2) is 29.0. The molecular weight excluding hydrogens is 604 g/mol. The first kappa shape index (κ1) is 41.9. The molecule has 0 spiro atoms. The van der Waals surface area contributed by atoms with Gasteiger partial charge in [-0.25, -0.2) is 4.79 Å². The van der Waals surface area contributed by atoms with Gasteiger partial charge in [0, 0.05) is 0 Å². The number of rotatable bonds is 33. The van der Waals surface area contributed by atoms with Crippen molar-refractivity contribution in [1.82, 2.24) is 0 Å². The smallest absolute Gasteiger partial charge is 0.333 e. The number of carbonyl (C=O) groups is 1. The van der Waals surface area contributed by atoms with Gasteiger partial charge in [-0.3, -0.25) is 0 Å². The van der Waals surface area contributed by atoms with E-state index in [4.69, 9.17) is 52.1 Å². The maximum atomic E-state index is 11.3. The highest BCUT2D eigenvalue weighted by Gasteiger charge is 2.20. The molecule has 1 aromatic rings. The van der Waals surface area contributed by atoms with Gasteiger partial charge in [-0.05, 0) is 32.9 Å². The quantitative estimate of drug-likeness (QED) is 0.0874. The van der Waals surface area contributed by atoms with E-state index in [2.05, 4.69) is 6.58 Å². The van der Waals surface area contributed by atoms with E-state index < -0.39 is 12.1 Å². The zero-order valence-corrected chi connectivity index (χ0v) is 28.0. The average Bonchev–Trinajstić information content (AvgIpc) is 3.03. The van der Waals surface area contributed by atoms with Crippen LogP contribution in [-0.2, 0) is 52.2 Å². The number of hydrogen-bond donors (Lipinski definition) is 1. The summed E-state index contributed by atoms with van der Waals surface area (Å²) < 4.78 is 60.5. The first-order valence-corrected chi connectivity index (χ1v) is 15.8. The molecule has 46 heavy (non-hydrogen) atoms. The lowest BCUT2D eigenvalue weighted by atomic mass is 10.2. The van der Waals surface area contributed by atoms with Gasteiger partial charge < -0.3 is 57.2 Å². The largest absolute Gasteiger partial charge is 0.491 e. The van der Waals surface area contributed by atoms with Gasteiger partial charge in [0.25, 0.3) is 0 Å². The Morgan fingerprint density at radius 1 is 0.609 bits per heavy atom. The predicted octanol–water partition coefficient (Wildman–Crippen LogP) is 3.04. The third kappa shape index (κ3) is 27.0. The molecule has 0 bridgehead atoms. The number of ether oxygens (including phenoxy) is 11. The van der Waals surface area contributed by atoms with Gasteiger partial charge in [0.05, 0.1) is 130 Å². The second-order valence-corrected chi connectivity index (χ2v) is 10.7. The molecule has 1 rings (SSSR count). The molecule has 0 saturated heterocycles. The lowest BCUT2D eigenvalue weighted by Crippen LogP contribution is -2.29. The summed E-state index contributed by atoms with van der Waals surface area (Å²) in [6.45, 7) is 17.9. The van der Waals surface area contributed by atoms with Crippen LogP contribution in [0.15, 0.2) is 42.5 Å². The fraction of sp³-hybridized carbons (Fsp3) is 0.727. The molecule has 1 aromatic carbocycles. The minimum atomic E-state index is -1.13. The second-order valence-electron chi connectivity index (χ2n) is 10.7. The number of carboxylic acids is 1. The molecule has 0 aliphatic carbocycles. The Balaban J connectivity index is 1.79. The molecule has 266 valence electrons. The van der Waals surface area contributed by atoms with Gasteiger partial charge >= 0.3 is 5.97 Å². The molecule has 0 amide bonds. The SMILES string of the molecule is C=C(C(=O)O)C(COc1ccccc1)OCCOCCOCCOCCOCCOCCOCCOCCOCCOC(C)(C)C. The van der Waals surface area contributed by atoms with Crippen molar-refractivity contribution >= 4 is 5.97 Å². The zero-order chi connectivity index (χ0) is 33.6. The standard InChI is InChI=1S/C33H56O13/c1-29(32(34)35)31(28-45-30-8-6-5-7-9-30)44-26-24-42-22-20-40-18-16-38-14-12-36-10-11-37-13-15-39-17-19-41-21-23-43-25-27-46-33(2,3)4/h5-9,31H,1,10-28H2,2-4H3,(H,34,35). The van der Waals surface area contributed by atoms with Crippen molar-refractivity contribution in [2.45, 2.75) is 32.5 Å². The normalized spacial score (nSPS) is 12.3. The summed E-state index contributed by atoms with van der Waals surface area (Å²) in [7, 11) is 0.